The molecule has 1 unspecified atom stereocenters. The second-order valence-corrected chi connectivity index (χ2v) is 9.51. The van der Waals surface area contributed by atoms with Gasteiger partial charge in [-0.1, -0.05) is 32.0 Å². The van der Waals surface area contributed by atoms with Crippen molar-refractivity contribution in [1.82, 2.24) is 20.3 Å². The Morgan fingerprint density at radius 2 is 1.84 bits per heavy atom. The Labute approximate surface area is 216 Å². The highest BCUT2D eigenvalue weighted by Gasteiger charge is 2.20. The number of benzene rings is 1. The van der Waals surface area contributed by atoms with Crippen molar-refractivity contribution in [1.29, 1.82) is 0 Å². The van der Waals surface area contributed by atoms with Gasteiger partial charge in [0, 0.05) is 23.8 Å². The number of hydrogen-bond donors (Lipinski definition) is 5. The molecule has 1 atom stereocenters. The highest BCUT2D eigenvalue weighted by molar-refractivity contribution is 6.00. The number of aryl methyl sites for hydroxylation is 3. The van der Waals surface area contributed by atoms with Gasteiger partial charge in [0.2, 0.25) is 5.91 Å². The van der Waals surface area contributed by atoms with Crippen molar-refractivity contribution >= 4 is 29.4 Å². The third kappa shape index (κ3) is 8.45. The van der Waals surface area contributed by atoms with Gasteiger partial charge in [-0.2, -0.15) is 0 Å². The lowest BCUT2D eigenvalue weighted by molar-refractivity contribution is -0.137. The van der Waals surface area contributed by atoms with E-state index < -0.39 is 12.0 Å². The number of carboxylic acid groups (broad SMARTS) is 1. The fourth-order valence-corrected chi connectivity index (χ4v) is 3.92. The van der Waals surface area contributed by atoms with E-state index in [2.05, 4.69) is 44.7 Å². The monoisotopic (exact) mass is 506 g/mol. The second-order valence-electron chi connectivity index (χ2n) is 9.51. The van der Waals surface area contributed by atoms with Crippen molar-refractivity contribution in [2.75, 3.05) is 10.6 Å². The summed E-state index contributed by atoms with van der Waals surface area (Å²) in [7, 11) is 0. The van der Waals surface area contributed by atoms with Gasteiger partial charge in [0.25, 0.3) is 0 Å². The average Bonchev–Trinajstić information content (AvgIpc) is 3.29. The van der Waals surface area contributed by atoms with Gasteiger partial charge in [-0.3, -0.25) is 14.9 Å². The van der Waals surface area contributed by atoms with E-state index in [1.165, 1.54) is 0 Å². The third-order valence-corrected chi connectivity index (χ3v) is 5.77. The van der Waals surface area contributed by atoms with Crippen LogP contribution < -0.4 is 16.0 Å². The summed E-state index contributed by atoms with van der Waals surface area (Å²) in [6.45, 7) is 7.86. The molecule has 3 amide bonds. The maximum Gasteiger partial charge on any atom is 0.324 e. The van der Waals surface area contributed by atoms with Crippen LogP contribution >= 0.6 is 0 Å². The summed E-state index contributed by atoms with van der Waals surface area (Å²) in [5.74, 6) is 0.396. The zero-order valence-corrected chi connectivity index (χ0v) is 21.6. The normalized spacial score (nSPS) is 11.7. The van der Waals surface area contributed by atoms with Crippen molar-refractivity contribution < 1.29 is 19.5 Å². The molecule has 0 spiro atoms. The number of rotatable bonds is 11. The van der Waals surface area contributed by atoms with E-state index in [0.29, 0.717) is 36.1 Å². The summed E-state index contributed by atoms with van der Waals surface area (Å²) < 4.78 is 0. The quantitative estimate of drug-likeness (QED) is 0.258. The Kier molecular flexibility index (Phi) is 9.37. The standard InChI is InChI=1S/C27H34N6O4/c1-16(2)12-22(26-29-15-20(30-26)8-10-24(35)36)31-23(34)14-19-7-9-21(18(4)13-19)32-27(37)33-25-17(3)6-5-11-28-25/h5-7,9,11,13,15-16,22H,8,10,12,14H2,1-4H3,(H,29,30)(H,31,34)(H,35,36)(H2,28,32,33,37). The molecule has 5 N–H and O–H groups in total. The van der Waals surface area contributed by atoms with E-state index in [9.17, 15) is 14.4 Å². The van der Waals surface area contributed by atoms with Crippen LogP contribution in [0.4, 0.5) is 16.3 Å². The minimum Gasteiger partial charge on any atom is -0.481 e. The van der Waals surface area contributed by atoms with Crippen molar-refractivity contribution in [3.05, 3.63) is 70.9 Å². The van der Waals surface area contributed by atoms with Crippen LogP contribution in [0.3, 0.4) is 0 Å². The highest BCUT2D eigenvalue weighted by Crippen LogP contribution is 2.21. The number of urea groups is 1. The summed E-state index contributed by atoms with van der Waals surface area (Å²) in [6, 6.07) is 8.41. The Morgan fingerprint density at radius 3 is 2.51 bits per heavy atom. The fourth-order valence-electron chi connectivity index (χ4n) is 3.92. The summed E-state index contributed by atoms with van der Waals surface area (Å²) >= 11 is 0. The fraction of sp³-hybridized carbons (Fsp3) is 0.370. The topological polar surface area (TPSA) is 149 Å². The van der Waals surface area contributed by atoms with Gasteiger partial charge < -0.3 is 20.7 Å². The number of aromatic nitrogens is 3. The number of amides is 3. The number of aromatic amines is 1. The number of anilines is 2. The van der Waals surface area contributed by atoms with E-state index in [4.69, 9.17) is 5.11 Å². The van der Waals surface area contributed by atoms with Gasteiger partial charge in [-0.25, -0.2) is 14.8 Å². The molecule has 0 bridgehead atoms. The molecule has 0 aliphatic rings. The number of carbonyl (C=O) groups excluding carboxylic acids is 2. The first-order chi connectivity index (χ1) is 17.6. The molecular formula is C27H34N6O4. The van der Waals surface area contributed by atoms with Gasteiger partial charge in [0.1, 0.15) is 11.6 Å². The van der Waals surface area contributed by atoms with Crippen LogP contribution in [0, 0.1) is 19.8 Å². The van der Waals surface area contributed by atoms with Crippen LogP contribution in [0.1, 0.15) is 60.9 Å². The Bertz CT molecular complexity index is 1250. The van der Waals surface area contributed by atoms with Gasteiger partial charge in [-0.15, -0.1) is 0 Å². The van der Waals surface area contributed by atoms with Gasteiger partial charge in [0.05, 0.1) is 18.9 Å². The van der Waals surface area contributed by atoms with Crippen LogP contribution in [-0.4, -0.2) is 38.0 Å². The average molecular weight is 507 g/mol. The van der Waals surface area contributed by atoms with Crippen LogP contribution in [-0.2, 0) is 22.4 Å². The number of nitrogens with zero attached hydrogens (tertiary/aromatic N) is 2. The number of pyridine rings is 1. The number of imidazole rings is 1. The first-order valence-corrected chi connectivity index (χ1v) is 12.2. The molecule has 2 heterocycles. The number of carboxylic acids is 1. The first-order valence-electron chi connectivity index (χ1n) is 12.2. The smallest absolute Gasteiger partial charge is 0.324 e. The Morgan fingerprint density at radius 1 is 1.05 bits per heavy atom. The highest BCUT2D eigenvalue weighted by atomic mass is 16.4. The van der Waals surface area contributed by atoms with Crippen molar-refractivity contribution in [2.45, 2.75) is 59.4 Å². The largest absolute Gasteiger partial charge is 0.481 e. The van der Waals surface area contributed by atoms with Crippen LogP contribution in [0.25, 0.3) is 0 Å². The molecule has 0 aliphatic carbocycles. The molecule has 3 aromatic rings. The lowest BCUT2D eigenvalue weighted by Crippen LogP contribution is -2.31. The van der Waals surface area contributed by atoms with Gasteiger partial charge in [-0.05, 0) is 61.4 Å². The maximum atomic E-state index is 12.9. The number of H-pyrrole nitrogens is 1. The number of nitrogens with one attached hydrogen (secondary N) is 4. The molecule has 37 heavy (non-hydrogen) atoms. The zero-order chi connectivity index (χ0) is 26.9. The SMILES string of the molecule is Cc1cc(CC(=O)NC(CC(C)C)c2ncc(CCC(=O)O)[nH]2)ccc1NC(=O)Nc1ncccc1C. The molecular weight excluding hydrogens is 472 g/mol. The molecule has 10 heteroatoms. The number of aliphatic carboxylic acids is 1. The molecule has 196 valence electrons. The molecule has 3 rings (SSSR count). The Balaban J connectivity index is 1.61. The molecule has 10 nitrogen and oxygen atoms in total. The minimum atomic E-state index is -0.872. The second kappa shape index (κ2) is 12.7. The summed E-state index contributed by atoms with van der Waals surface area (Å²) in [6.07, 6.45) is 4.45. The zero-order valence-electron chi connectivity index (χ0n) is 21.6. The maximum absolute atomic E-state index is 12.9. The van der Waals surface area contributed by atoms with Crippen LogP contribution in [0.2, 0.25) is 0 Å². The molecule has 1 aromatic carbocycles. The summed E-state index contributed by atoms with van der Waals surface area (Å²) in [5, 5.41) is 17.5. The van der Waals surface area contributed by atoms with Gasteiger partial charge >= 0.3 is 12.0 Å². The predicted molar refractivity (Wildman–Crippen MR) is 141 cm³/mol. The van der Waals surface area contributed by atoms with E-state index >= 15 is 0 Å². The van der Waals surface area contributed by atoms with E-state index in [1.807, 2.05) is 32.0 Å². The van der Waals surface area contributed by atoms with Crippen molar-refractivity contribution in [3.8, 4) is 0 Å². The minimum absolute atomic E-state index is 0.0114. The third-order valence-electron chi connectivity index (χ3n) is 5.77. The van der Waals surface area contributed by atoms with E-state index in [1.54, 1.807) is 24.5 Å². The molecule has 0 radical (unpaired) electrons. The molecule has 0 fully saturated rings. The number of carbonyl (C=O) groups is 3. The van der Waals surface area contributed by atoms with Crippen molar-refractivity contribution in [3.63, 3.8) is 0 Å². The molecule has 0 aliphatic heterocycles. The first kappa shape index (κ1) is 27.4. The van der Waals surface area contributed by atoms with Crippen LogP contribution in [0.15, 0.2) is 42.7 Å². The predicted octanol–water partition coefficient (Wildman–Crippen LogP) is 4.53. The molecule has 0 saturated carbocycles. The number of hydrogen-bond acceptors (Lipinski definition) is 5. The summed E-state index contributed by atoms with van der Waals surface area (Å²) in [4.78, 5) is 47.8. The summed E-state index contributed by atoms with van der Waals surface area (Å²) in [5.41, 5.74) is 3.86. The Hall–Kier alpha value is -4.21. The lowest BCUT2D eigenvalue weighted by Gasteiger charge is -2.19. The molecule has 2 aromatic heterocycles. The lowest BCUT2D eigenvalue weighted by atomic mass is 10.0. The van der Waals surface area contributed by atoms with Gasteiger partial charge in [0.15, 0.2) is 0 Å². The van der Waals surface area contributed by atoms with E-state index in [-0.39, 0.29) is 24.8 Å². The van der Waals surface area contributed by atoms with Crippen LogP contribution in [0.5, 0.6) is 0 Å². The van der Waals surface area contributed by atoms with E-state index in [0.717, 1.165) is 22.4 Å². The van der Waals surface area contributed by atoms with Crippen molar-refractivity contribution in [2.24, 2.45) is 5.92 Å². The molecule has 0 saturated heterocycles.